The van der Waals surface area contributed by atoms with Crippen LogP contribution in [0.5, 0.6) is 0 Å². The number of fused-ring (bicyclic) bond motifs is 9. The maximum atomic E-state index is 13.4. The lowest BCUT2D eigenvalue weighted by molar-refractivity contribution is 0.664. The van der Waals surface area contributed by atoms with Crippen molar-refractivity contribution in [2.45, 2.75) is 0 Å². The molecule has 0 fully saturated rings. The number of rotatable bonds is 0. The van der Waals surface area contributed by atoms with Gasteiger partial charge >= 0.3 is 0 Å². The molecule has 7 rings (SSSR count). The highest BCUT2D eigenvalue weighted by Gasteiger charge is 2.23. The van der Waals surface area contributed by atoms with Crippen molar-refractivity contribution in [1.29, 1.82) is 10.5 Å². The zero-order chi connectivity index (χ0) is 21.6. The summed E-state index contributed by atoms with van der Waals surface area (Å²) >= 11 is 0. The molecule has 32 heavy (non-hydrogen) atoms. The van der Waals surface area contributed by atoms with Gasteiger partial charge in [0.25, 0.3) is 0 Å². The Kier molecular flexibility index (Phi) is 2.97. The van der Waals surface area contributed by atoms with Crippen LogP contribution in [-0.4, -0.2) is 4.40 Å². The first-order valence-corrected chi connectivity index (χ1v) is 10.1. The molecule has 4 aromatic carbocycles. The highest BCUT2D eigenvalue weighted by Crippen LogP contribution is 2.43. The predicted octanol–water partition coefficient (Wildman–Crippen LogP) is 5.84. The molecule has 0 aliphatic carbocycles. The Morgan fingerprint density at radius 2 is 1.41 bits per heavy atom. The van der Waals surface area contributed by atoms with Gasteiger partial charge in [0, 0.05) is 16.2 Å². The van der Waals surface area contributed by atoms with Crippen LogP contribution >= 0.6 is 0 Å². The molecular weight excluding hydrogens is 398 g/mol. The zero-order valence-electron chi connectivity index (χ0n) is 16.5. The molecule has 0 saturated heterocycles. The third kappa shape index (κ3) is 1.88. The van der Waals surface area contributed by atoms with Crippen LogP contribution in [0.2, 0.25) is 0 Å². The molecule has 0 bridgehead atoms. The largest absolute Gasteiger partial charge is 0.455 e. The van der Waals surface area contributed by atoms with Gasteiger partial charge in [-0.2, -0.15) is 10.5 Å². The summed E-state index contributed by atoms with van der Waals surface area (Å²) in [5, 5.41) is 23.6. The van der Waals surface area contributed by atoms with Crippen LogP contribution in [0.4, 0.5) is 0 Å². The molecule has 0 spiro atoms. The average molecular weight is 409 g/mol. The molecule has 3 heterocycles. The van der Waals surface area contributed by atoms with E-state index in [2.05, 4.69) is 16.5 Å². The van der Waals surface area contributed by atoms with Crippen LogP contribution in [0.25, 0.3) is 60.0 Å². The second-order valence-corrected chi connectivity index (χ2v) is 7.97. The van der Waals surface area contributed by atoms with Crippen molar-refractivity contribution in [3.8, 4) is 12.1 Å². The molecule has 0 unspecified atom stereocenters. The number of hydrogen-bond acceptors (Lipinski definition) is 4. The number of benzene rings is 4. The summed E-state index contributed by atoms with van der Waals surface area (Å²) in [6.45, 7) is 0. The number of hydrogen-bond donors (Lipinski definition) is 0. The van der Waals surface area contributed by atoms with Crippen LogP contribution in [0.15, 0.2) is 75.9 Å². The molecule has 5 nitrogen and oxygen atoms in total. The third-order valence-corrected chi connectivity index (χ3v) is 6.36. The van der Waals surface area contributed by atoms with E-state index in [9.17, 15) is 15.3 Å². The van der Waals surface area contributed by atoms with Crippen molar-refractivity contribution in [1.82, 2.24) is 4.40 Å². The van der Waals surface area contributed by atoms with Crippen molar-refractivity contribution in [2.75, 3.05) is 0 Å². The first kappa shape index (κ1) is 16.9. The van der Waals surface area contributed by atoms with Crippen molar-refractivity contribution in [3.05, 3.63) is 88.1 Å². The van der Waals surface area contributed by atoms with E-state index in [-0.39, 0.29) is 5.43 Å². The monoisotopic (exact) mass is 409 g/mol. The smallest absolute Gasteiger partial charge is 0.200 e. The molecule has 0 aliphatic rings. The molecule has 5 heteroatoms. The first-order valence-electron chi connectivity index (χ1n) is 10.1. The minimum absolute atomic E-state index is 0.0726. The molecule has 3 aromatic heterocycles. The lowest BCUT2D eigenvalue weighted by atomic mass is 10.0. The highest BCUT2D eigenvalue weighted by molar-refractivity contribution is 6.30. The summed E-state index contributed by atoms with van der Waals surface area (Å²) in [5.41, 5.74) is 4.72. The summed E-state index contributed by atoms with van der Waals surface area (Å²) in [6, 6.07) is 24.7. The van der Waals surface area contributed by atoms with Crippen LogP contribution < -0.4 is 5.43 Å². The summed E-state index contributed by atoms with van der Waals surface area (Å²) in [4.78, 5) is 13.4. The van der Waals surface area contributed by atoms with Crippen LogP contribution in [0.1, 0.15) is 11.1 Å². The quantitative estimate of drug-likeness (QED) is 0.295. The number of aromatic nitrogens is 1. The van der Waals surface area contributed by atoms with Crippen LogP contribution in [-0.2, 0) is 0 Å². The zero-order valence-corrected chi connectivity index (χ0v) is 16.5. The Morgan fingerprint density at radius 3 is 2.16 bits per heavy atom. The van der Waals surface area contributed by atoms with Gasteiger partial charge in [0.1, 0.15) is 11.2 Å². The predicted molar refractivity (Wildman–Crippen MR) is 124 cm³/mol. The van der Waals surface area contributed by atoms with Gasteiger partial charge in [-0.05, 0) is 42.5 Å². The maximum Gasteiger partial charge on any atom is 0.200 e. The van der Waals surface area contributed by atoms with Crippen LogP contribution in [0.3, 0.4) is 0 Å². The van der Waals surface area contributed by atoms with Gasteiger partial charge in [0.15, 0.2) is 0 Å². The van der Waals surface area contributed by atoms with Crippen LogP contribution in [0, 0.1) is 22.7 Å². The normalized spacial score (nSPS) is 11.8. The maximum absolute atomic E-state index is 13.4. The van der Waals surface area contributed by atoms with E-state index in [0.29, 0.717) is 33.1 Å². The van der Waals surface area contributed by atoms with Gasteiger partial charge in [-0.25, -0.2) is 0 Å². The average Bonchev–Trinajstić information content (AvgIpc) is 3.34. The molecule has 0 aliphatic heterocycles. The number of nitrogens with zero attached hydrogens (tertiary/aromatic N) is 3. The van der Waals surface area contributed by atoms with E-state index >= 15 is 0 Å². The molecular formula is C27H11N3O2. The lowest BCUT2D eigenvalue weighted by Crippen LogP contribution is -2.01. The summed E-state index contributed by atoms with van der Waals surface area (Å²) in [5.74, 6) is 0. The molecule has 0 saturated carbocycles. The lowest BCUT2D eigenvalue weighted by Gasteiger charge is -2.04. The van der Waals surface area contributed by atoms with Crippen molar-refractivity contribution in [3.63, 3.8) is 0 Å². The van der Waals surface area contributed by atoms with E-state index in [4.69, 9.17) is 4.42 Å². The van der Waals surface area contributed by atoms with Gasteiger partial charge in [-0.15, -0.1) is 0 Å². The molecule has 7 aromatic rings. The Labute approximate surface area is 179 Å². The van der Waals surface area contributed by atoms with Gasteiger partial charge in [0.05, 0.1) is 56.0 Å². The standard InChI is InChI=1S/C27H11N3O2/c28-12-14-5-7-16-19-11-20-26(31)18-3-1-2-4-23(18)32-27(20)24-17-8-6-15(13-29)10-22(17)30(25(19)24)21(16)9-14/h1-11H. The Morgan fingerprint density at radius 1 is 0.719 bits per heavy atom. The van der Waals surface area contributed by atoms with Crippen molar-refractivity contribution < 1.29 is 4.42 Å². The fourth-order valence-corrected chi connectivity index (χ4v) is 5.00. The van der Waals surface area contributed by atoms with E-state index in [0.717, 1.165) is 38.1 Å². The molecule has 0 radical (unpaired) electrons. The summed E-state index contributed by atoms with van der Waals surface area (Å²) in [6.07, 6.45) is 0. The third-order valence-electron chi connectivity index (χ3n) is 6.36. The van der Waals surface area contributed by atoms with Gasteiger partial charge in [-0.1, -0.05) is 24.3 Å². The number of para-hydroxylation sites is 1. The molecule has 146 valence electrons. The van der Waals surface area contributed by atoms with E-state index in [1.807, 2.05) is 42.5 Å². The highest BCUT2D eigenvalue weighted by atomic mass is 16.3. The van der Waals surface area contributed by atoms with E-state index < -0.39 is 0 Å². The van der Waals surface area contributed by atoms with Gasteiger partial charge in [-0.3, -0.25) is 4.79 Å². The Bertz CT molecular complexity index is 2080. The number of nitriles is 2. The van der Waals surface area contributed by atoms with E-state index in [1.165, 1.54) is 0 Å². The van der Waals surface area contributed by atoms with Crippen molar-refractivity contribution >= 4 is 60.0 Å². The van der Waals surface area contributed by atoms with Crippen molar-refractivity contribution in [2.24, 2.45) is 0 Å². The fourth-order valence-electron chi connectivity index (χ4n) is 5.00. The Hall–Kier alpha value is -4.87. The van der Waals surface area contributed by atoms with E-state index in [1.54, 1.807) is 24.3 Å². The fraction of sp³-hybridized carbons (Fsp3) is 0. The Balaban J connectivity index is 1.89. The minimum atomic E-state index is -0.0726. The first-order chi connectivity index (χ1) is 15.7. The second-order valence-electron chi connectivity index (χ2n) is 7.97. The second kappa shape index (κ2) is 5.63. The molecule has 0 amide bonds. The molecule has 0 atom stereocenters. The molecule has 0 N–H and O–H groups in total. The minimum Gasteiger partial charge on any atom is -0.455 e. The SMILES string of the molecule is N#Cc1ccc2c3cc4c(=O)c5ccccc5oc4c4c5ccc(C#N)cc5n(c2c1)c34. The summed E-state index contributed by atoms with van der Waals surface area (Å²) in [7, 11) is 0. The summed E-state index contributed by atoms with van der Waals surface area (Å²) < 4.78 is 8.39. The van der Waals surface area contributed by atoms with Gasteiger partial charge < -0.3 is 8.82 Å². The van der Waals surface area contributed by atoms with Gasteiger partial charge in [0.2, 0.25) is 5.43 Å². The topological polar surface area (TPSA) is 82.2 Å².